The van der Waals surface area contributed by atoms with Crippen molar-refractivity contribution in [3.8, 4) is 0 Å². The molecular weight excluding hydrogens is 204 g/mol. The van der Waals surface area contributed by atoms with E-state index in [9.17, 15) is 0 Å². The van der Waals surface area contributed by atoms with Crippen LogP contribution in [0.1, 0.15) is 27.7 Å². The van der Waals surface area contributed by atoms with Crippen LogP contribution in [0.25, 0.3) is 0 Å². The van der Waals surface area contributed by atoms with Crippen molar-refractivity contribution in [1.29, 1.82) is 0 Å². The summed E-state index contributed by atoms with van der Waals surface area (Å²) in [7, 11) is 0. The molecule has 3 heteroatoms. The summed E-state index contributed by atoms with van der Waals surface area (Å²) < 4.78 is 0. The molecule has 2 heterocycles. The van der Waals surface area contributed by atoms with Gasteiger partial charge in [0.2, 0.25) is 0 Å². The largest absolute Gasteiger partial charge is 0.320 e. The first kappa shape index (κ1) is 10.3. The van der Waals surface area contributed by atoms with Crippen LogP contribution < -0.4 is 5.73 Å². The molecule has 0 saturated carbocycles. The zero-order valence-corrected chi connectivity index (χ0v) is 9.71. The Balaban J connectivity index is 2.32. The molecule has 0 amide bonds. The van der Waals surface area contributed by atoms with Crippen molar-refractivity contribution in [1.82, 2.24) is 4.98 Å². The lowest BCUT2D eigenvalue weighted by Crippen LogP contribution is -2.12. The molecule has 1 atom stereocenters. The molecule has 78 valence electrons. The highest BCUT2D eigenvalue weighted by Crippen LogP contribution is 2.25. The molecule has 1 unspecified atom stereocenters. The van der Waals surface area contributed by atoms with Crippen molar-refractivity contribution >= 4 is 11.3 Å². The Bertz CT molecular complexity index is 445. The van der Waals surface area contributed by atoms with Gasteiger partial charge in [-0.15, -0.1) is 11.3 Å². The van der Waals surface area contributed by atoms with Crippen LogP contribution in [0.3, 0.4) is 0 Å². The minimum Gasteiger partial charge on any atom is -0.320 e. The number of nitrogens with zero attached hydrogens (tertiary/aromatic N) is 1. The van der Waals surface area contributed by atoms with Crippen molar-refractivity contribution in [3.05, 3.63) is 51.5 Å². The normalized spacial score (nSPS) is 12.7. The summed E-state index contributed by atoms with van der Waals surface area (Å²) in [6, 6.07) is 6.08. The van der Waals surface area contributed by atoms with Crippen LogP contribution >= 0.6 is 11.3 Å². The van der Waals surface area contributed by atoms with Gasteiger partial charge in [0.15, 0.2) is 0 Å². The van der Waals surface area contributed by atoms with E-state index in [-0.39, 0.29) is 6.04 Å². The molecular formula is C12H14N2S. The summed E-state index contributed by atoms with van der Waals surface area (Å²) in [6.45, 7) is 4.08. The molecule has 15 heavy (non-hydrogen) atoms. The van der Waals surface area contributed by atoms with Crippen molar-refractivity contribution in [3.63, 3.8) is 0 Å². The van der Waals surface area contributed by atoms with Gasteiger partial charge in [0.05, 0.1) is 6.04 Å². The van der Waals surface area contributed by atoms with Crippen LogP contribution in [-0.2, 0) is 0 Å². The molecule has 2 rings (SSSR count). The van der Waals surface area contributed by atoms with Gasteiger partial charge in [-0.05, 0) is 42.5 Å². The van der Waals surface area contributed by atoms with E-state index in [0.29, 0.717) is 0 Å². The van der Waals surface area contributed by atoms with E-state index >= 15 is 0 Å². The third kappa shape index (κ3) is 2.08. The number of nitrogens with two attached hydrogens (primary N) is 1. The topological polar surface area (TPSA) is 38.9 Å². The summed E-state index contributed by atoms with van der Waals surface area (Å²) >= 11 is 1.73. The van der Waals surface area contributed by atoms with E-state index in [4.69, 9.17) is 5.73 Å². The van der Waals surface area contributed by atoms with E-state index < -0.39 is 0 Å². The van der Waals surface area contributed by atoms with Crippen molar-refractivity contribution in [2.75, 3.05) is 0 Å². The maximum absolute atomic E-state index is 6.18. The number of rotatable bonds is 2. The molecule has 0 aliphatic rings. The van der Waals surface area contributed by atoms with Crippen molar-refractivity contribution < 1.29 is 0 Å². The molecule has 2 N–H and O–H groups in total. The molecule has 0 saturated heterocycles. The van der Waals surface area contributed by atoms with Crippen LogP contribution in [0.2, 0.25) is 0 Å². The Kier molecular flexibility index (Phi) is 2.84. The Morgan fingerprint density at radius 2 is 2.07 bits per heavy atom. The van der Waals surface area contributed by atoms with Crippen LogP contribution in [0.15, 0.2) is 29.8 Å². The molecule has 0 radical (unpaired) electrons. The second kappa shape index (κ2) is 4.13. The fraction of sp³-hybridized carbons (Fsp3) is 0.250. The first-order chi connectivity index (χ1) is 7.18. The quantitative estimate of drug-likeness (QED) is 0.841. The van der Waals surface area contributed by atoms with Gasteiger partial charge in [-0.25, -0.2) is 0 Å². The molecule has 0 aliphatic heterocycles. The highest BCUT2D eigenvalue weighted by molar-refractivity contribution is 7.10. The van der Waals surface area contributed by atoms with Gasteiger partial charge in [-0.1, -0.05) is 6.07 Å². The van der Waals surface area contributed by atoms with Crippen LogP contribution in [0.5, 0.6) is 0 Å². The highest BCUT2D eigenvalue weighted by Gasteiger charge is 2.12. The predicted molar refractivity (Wildman–Crippen MR) is 64.1 cm³/mol. The Morgan fingerprint density at radius 3 is 2.60 bits per heavy atom. The first-order valence-electron chi connectivity index (χ1n) is 4.90. The summed E-state index contributed by atoms with van der Waals surface area (Å²) in [6.07, 6.45) is 1.86. The Morgan fingerprint density at radius 1 is 1.27 bits per heavy atom. The van der Waals surface area contributed by atoms with Gasteiger partial charge in [0, 0.05) is 16.8 Å². The van der Waals surface area contributed by atoms with Gasteiger partial charge < -0.3 is 5.73 Å². The monoisotopic (exact) mass is 218 g/mol. The maximum Gasteiger partial charge on any atom is 0.0577 e. The smallest absolute Gasteiger partial charge is 0.0577 e. The molecule has 2 aromatic rings. The number of hydrogen-bond donors (Lipinski definition) is 1. The lowest BCUT2D eigenvalue weighted by Gasteiger charge is -2.11. The first-order valence-corrected chi connectivity index (χ1v) is 5.78. The van der Waals surface area contributed by atoms with Gasteiger partial charge in [-0.3, -0.25) is 4.98 Å². The summed E-state index contributed by atoms with van der Waals surface area (Å²) in [5.74, 6) is 0. The van der Waals surface area contributed by atoms with Crippen LogP contribution in [0, 0.1) is 13.8 Å². The van der Waals surface area contributed by atoms with Gasteiger partial charge in [0.25, 0.3) is 0 Å². The number of aryl methyl sites for hydroxylation is 2. The van der Waals surface area contributed by atoms with E-state index in [0.717, 1.165) is 11.3 Å². The molecule has 0 spiro atoms. The maximum atomic E-state index is 6.18. The lowest BCUT2D eigenvalue weighted by atomic mass is 10.0. The fourth-order valence-corrected chi connectivity index (χ4v) is 2.31. The van der Waals surface area contributed by atoms with E-state index in [1.807, 2.05) is 25.3 Å². The van der Waals surface area contributed by atoms with Crippen LogP contribution in [-0.4, -0.2) is 4.98 Å². The summed E-state index contributed by atoms with van der Waals surface area (Å²) in [4.78, 5) is 5.54. The average Bonchev–Trinajstić information content (AvgIpc) is 2.65. The van der Waals surface area contributed by atoms with Crippen molar-refractivity contribution in [2.45, 2.75) is 19.9 Å². The van der Waals surface area contributed by atoms with E-state index in [2.05, 4.69) is 23.4 Å². The average molecular weight is 218 g/mol. The zero-order valence-electron chi connectivity index (χ0n) is 8.90. The van der Waals surface area contributed by atoms with Gasteiger partial charge >= 0.3 is 0 Å². The minimum absolute atomic E-state index is 0.0515. The number of pyridine rings is 1. The zero-order chi connectivity index (χ0) is 10.8. The molecule has 0 bridgehead atoms. The predicted octanol–water partition coefficient (Wildman–Crippen LogP) is 2.81. The third-order valence-electron chi connectivity index (χ3n) is 2.53. The molecule has 0 aliphatic carbocycles. The number of thiophene rings is 1. The third-order valence-corrected chi connectivity index (χ3v) is 3.39. The Labute approximate surface area is 93.8 Å². The second-order valence-electron chi connectivity index (χ2n) is 3.64. The van der Waals surface area contributed by atoms with E-state index in [1.54, 1.807) is 11.3 Å². The SMILES string of the molecule is Cc1ccc(C(N)c2ccsc2C)cn1. The number of hydrogen-bond acceptors (Lipinski definition) is 3. The van der Waals surface area contributed by atoms with Crippen molar-refractivity contribution in [2.24, 2.45) is 5.73 Å². The molecule has 2 aromatic heterocycles. The lowest BCUT2D eigenvalue weighted by molar-refractivity contribution is 0.858. The number of aromatic nitrogens is 1. The molecule has 0 aromatic carbocycles. The van der Waals surface area contributed by atoms with E-state index in [1.165, 1.54) is 10.4 Å². The fourth-order valence-electron chi connectivity index (χ4n) is 1.56. The summed E-state index contributed by atoms with van der Waals surface area (Å²) in [5, 5.41) is 2.08. The minimum atomic E-state index is -0.0515. The molecule has 0 fully saturated rings. The van der Waals surface area contributed by atoms with Crippen LogP contribution in [0.4, 0.5) is 0 Å². The summed E-state index contributed by atoms with van der Waals surface area (Å²) in [5.41, 5.74) is 9.47. The van der Waals surface area contributed by atoms with Gasteiger partial charge in [-0.2, -0.15) is 0 Å². The standard InChI is InChI=1S/C12H14N2S/c1-8-3-4-10(7-14-8)12(13)11-5-6-15-9(11)2/h3-7,12H,13H2,1-2H3. The Hall–Kier alpha value is -1.19. The van der Waals surface area contributed by atoms with Gasteiger partial charge in [0.1, 0.15) is 0 Å². The second-order valence-corrected chi connectivity index (χ2v) is 4.76. The molecule has 2 nitrogen and oxygen atoms in total. The highest BCUT2D eigenvalue weighted by atomic mass is 32.1.